The molecule has 9 heteroatoms. The van der Waals surface area contributed by atoms with Crippen LogP contribution in [0.3, 0.4) is 0 Å². The van der Waals surface area contributed by atoms with Crippen molar-refractivity contribution in [3.63, 3.8) is 0 Å². The van der Waals surface area contributed by atoms with Gasteiger partial charge in [-0.25, -0.2) is 18.7 Å². The van der Waals surface area contributed by atoms with Gasteiger partial charge in [0.15, 0.2) is 0 Å². The third kappa shape index (κ3) is 2.75. The summed E-state index contributed by atoms with van der Waals surface area (Å²) in [5.74, 6) is -0.590. The van der Waals surface area contributed by atoms with Crippen molar-refractivity contribution in [3.8, 4) is 22.8 Å². The smallest absolute Gasteiger partial charge is 0.246 e. The van der Waals surface area contributed by atoms with Crippen molar-refractivity contribution in [1.29, 1.82) is 0 Å². The van der Waals surface area contributed by atoms with E-state index in [4.69, 9.17) is 21.0 Å². The predicted octanol–water partition coefficient (Wildman–Crippen LogP) is 5.81. The van der Waals surface area contributed by atoms with Crippen LogP contribution < -0.4 is 0 Å². The molecule has 0 aliphatic heterocycles. The van der Waals surface area contributed by atoms with Gasteiger partial charge < -0.3 is 4.42 Å². The van der Waals surface area contributed by atoms with Crippen LogP contribution in [0.2, 0.25) is 0 Å². The molecule has 3 aromatic heterocycles. The van der Waals surface area contributed by atoms with Crippen LogP contribution in [0.5, 0.6) is 0 Å². The molecule has 3 heterocycles. The number of aromatic nitrogens is 5. The monoisotopic (exact) mass is 479 g/mol. The molecule has 0 saturated heterocycles. The molecule has 6 rings (SSSR count). The molecule has 2 bridgehead atoms. The lowest BCUT2D eigenvalue weighted by Gasteiger charge is -2.37. The number of rotatable bonds is 4. The van der Waals surface area contributed by atoms with Crippen LogP contribution in [-0.4, -0.2) is 25.1 Å². The summed E-state index contributed by atoms with van der Waals surface area (Å²) < 4.78 is 34.5. The minimum atomic E-state index is -0.660. The molecule has 6 nitrogen and oxygen atoms in total. The van der Waals surface area contributed by atoms with Crippen molar-refractivity contribution in [1.82, 2.24) is 25.1 Å². The van der Waals surface area contributed by atoms with E-state index in [1.807, 2.05) is 0 Å². The molecule has 172 valence electrons. The van der Waals surface area contributed by atoms with Gasteiger partial charge in [0.25, 0.3) is 0 Å². The number of benzene rings is 1. The lowest BCUT2D eigenvalue weighted by Crippen LogP contribution is -2.38. The normalized spacial score (nSPS) is 22.2. The van der Waals surface area contributed by atoms with Gasteiger partial charge in [-0.2, -0.15) is 5.10 Å². The zero-order valence-corrected chi connectivity index (χ0v) is 19.3. The van der Waals surface area contributed by atoms with Crippen molar-refractivity contribution >= 4 is 11.6 Å². The van der Waals surface area contributed by atoms with Crippen LogP contribution in [0, 0.1) is 17.0 Å². The van der Waals surface area contributed by atoms with Crippen molar-refractivity contribution < 1.29 is 13.2 Å². The molecule has 0 radical (unpaired) electrons. The number of oxazole rings is 1. The highest BCUT2D eigenvalue weighted by molar-refractivity contribution is 6.16. The Kier molecular flexibility index (Phi) is 4.61. The Morgan fingerprint density at radius 3 is 2.62 bits per heavy atom. The molecule has 4 aromatic rings. The molecular formula is C25H20ClF2N5O. The van der Waals surface area contributed by atoms with Gasteiger partial charge in [-0.05, 0) is 47.9 Å². The average Bonchev–Trinajstić information content (AvgIpc) is 3.47. The average molecular weight is 480 g/mol. The summed E-state index contributed by atoms with van der Waals surface area (Å²) in [5.41, 5.74) is 2.85. The maximum absolute atomic E-state index is 14.5. The van der Waals surface area contributed by atoms with Gasteiger partial charge in [-0.1, -0.05) is 19.9 Å². The Labute approximate surface area is 199 Å². The quantitative estimate of drug-likeness (QED) is 0.344. The summed E-state index contributed by atoms with van der Waals surface area (Å²) in [5, 5.41) is 8.83. The Morgan fingerprint density at radius 2 is 1.88 bits per heavy atom. The first-order valence-electron chi connectivity index (χ1n) is 11.0. The minimum absolute atomic E-state index is 0.140. The van der Waals surface area contributed by atoms with Gasteiger partial charge in [-0.15, -0.1) is 16.7 Å². The second-order valence-electron chi connectivity index (χ2n) is 9.42. The van der Waals surface area contributed by atoms with Crippen molar-refractivity contribution in [2.75, 3.05) is 0 Å². The minimum Gasteiger partial charge on any atom is -0.443 e. The number of nitrogens with zero attached hydrogens (tertiary/aromatic N) is 5. The predicted molar refractivity (Wildman–Crippen MR) is 121 cm³/mol. The van der Waals surface area contributed by atoms with Crippen molar-refractivity contribution in [2.45, 2.75) is 43.9 Å². The standard InChI is InChI=1S/C25H20ClF2N5O/c1-24(2)15-6-7-25(24,20-11-29-10-19(31-20)23-30-13(9-26)12-34-23)22-14(15)8-18(32-33-22)21-16(27)4-3-5-17(21)28/h3-5,8,10-12,15H,6-7,9H2,1-2H3/t15-,25-/m0/s1. The van der Waals surface area contributed by atoms with Gasteiger partial charge in [0.05, 0.1) is 45.8 Å². The SMILES string of the molecule is CC1(C)[C@H]2CC[C@]1(c1cncc(-c3nc(CCl)co3)n1)c1nnc(-c3c(F)cccc3F)cc12. The molecule has 1 fully saturated rings. The zero-order chi connectivity index (χ0) is 23.7. The number of hydrogen-bond donors (Lipinski definition) is 0. The second-order valence-corrected chi connectivity index (χ2v) is 9.68. The fourth-order valence-electron chi connectivity index (χ4n) is 5.92. The molecule has 1 aromatic carbocycles. The highest BCUT2D eigenvalue weighted by Gasteiger charge is 2.65. The van der Waals surface area contributed by atoms with E-state index >= 15 is 0 Å². The summed E-state index contributed by atoms with van der Waals surface area (Å²) in [4.78, 5) is 13.7. The first kappa shape index (κ1) is 21.3. The topological polar surface area (TPSA) is 77.6 Å². The van der Waals surface area contributed by atoms with E-state index in [0.29, 0.717) is 17.3 Å². The summed E-state index contributed by atoms with van der Waals surface area (Å²) >= 11 is 5.86. The van der Waals surface area contributed by atoms with Crippen LogP contribution in [0.4, 0.5) is 8.78 Å². The molecular weight excluding hydrogens is 460 g/mol. The van der Waals surface area contributed by atoms with Crippen molar-refractivity contribution in [3.05, 3.63) is 77.2 Å². The summed E-state index contributed by atoms with van der Waals surface area (Å²) in [7, 11) is 0. The number of fused-ring (bicyclic) bond motifs is 5. The number of alkyl halides is 1. The Hall–Kier alpha value is -3.26. The van der Waals surface area contributed by atoms with Gasteiger partial charge in [-0.3, -0.25) is 4.98 Å². The van der Waals surface area contributed by atoms with Gasteiger partial charge in [0, 0.05) is 6.20 Å². The van der Waals surface area contributed by atoms with Crippen LogP contribution in [0.1, 0.15) is 55.3 Å². The van der Waals surface area contributed by atoms with Crippen LogP contribution in [0.15, 0.2) is 47.3 Å². The molecule has 1 saturated carbocycles. The maximum Gasteiger partial charge on any atom is 0.246 e. The Balaban J connectivity index is 1.51. The van der Waals surface area contributed by atoms with Crippen molar-refractivity contribution in [2.24, 2.45) is 5.41 Å². The molecule has 34 heavy (non-hydrogen) atoms. The molecule has 0 unspecified atom stereocenters. The maximum atomic E-state index is 14.5. The van der Waals surface area contributed by atoms with Gasteiger partial charge in [0.1, 0.15) is 23.6 Å². The van der Waals surface area contributed by atoms with E-state index in [-0.39, 0.29) is 28.5 Å². The van der Waals surface area contributed by atoms with E-state index in [0.717, 1.165) is 29.8 Å². The molecule has 2 atom stereocenters. The van der Waals surface area contributed by atoms with E-state index in [2.05, 4.69) is 34.0 Å². The zero-order valence-electron chi connectivity index (χ0n) is 18.5. The summed E-state index contributed by atoms with van der Waals surface area (Å²) in [6, 6.07) is 5.58. The van der Waals surface area contributed by atoms with E-state index in [1.54, 1.807) is 18.5 Å². The largest absolute Gasteiger partial charge is 0.443 e. The number of hydrogen-bond acceptors (Lipinski definition) is 6. The van der Waals surface area contributed by atoms with E-state index in [9.17, 15) is 8.78 Å². The first-order valence-corrected chi connectivity index (χ1v) is 11.6. The Morgan fingerprint density at radius 1 is 1.09 bits per heavy atom. The summed E-state index contributed by atoms with van der Waals surface area (Å²) in [6.45, 7) is 4.36. The second kappa shape index (κ2) is 7.37. The van der Waals surface area contributed by atoms with E-state index in [1.165, 1.54) is 24.5 Å². The first-order chi connectivity index (χ1) is 16.4. The summed E-state index contributed by atoms with van der Waals surface area (Å²) in [6.07, 6.45) is 6.57. The fraction of sp³-hybridized carbons (Fsp3) is 0.320. The Bertz CT molecular complexity index is 1420. The third-order valence-electron chi connectivity index (χ3n) is 7.58. The molecule has 0 spiro atoms. The lowest BCUT2D eigenvalue weighted by atomic mass is 9.66. The molecule has 0 amide bonds. The van der Waals surface area contributed by atoms with Crippen LogP contribution in [-0.2, 0) is 11.3 Å². The van der Waals surface area contributed by atoms with E-state index < -0.39 is 17.0 Å². The fourth-order valence-corrected chi connectivity index (χ4v) is 6.04. The highest BCUT2D eigenvalue weighted by Crippen LogP contribution is 2.69. The van der Waals surface area contributed by atoms with Crippen LogP contribution in [0.25, 0.3) is 22.8 Å². The third-order valence-corrected chi connectivity index (χ3v) is 7.85. The highest BCUT2D eigenvalue weighted by atomic mass is 35.5. The number of halogens is 3. The van der Waals surface area contributed by atoms with Crippen LogP contribution >= 0.6 is 11.6 Å². The molecule has 2 aliphatic carbocycles. The van der Waals surface area contributed by atoms with Gasteiger partial charge >= 0.3 is 0 Å². The molecule has 0 N–H and O–H groups in total. The lowest BCUT2D eigenvalue weighted by molar-refractivity contribution is 0.242. The molecule has 2 aliphatic rings. The van der Waals surface area contributed by atoms with Gasteiger partial charge in [0.2, 0.25) is 5.89 Å².